The number of methoxy groups -OCH3 is 2. The van der Waals surface area contributed by atoms with Crippen LogP contribution in [0.5, 0.6) is 11.5 Å². The van der Waals surface area contributed by atoms with Gasteiger partial charge < -0.3 is 19.7 Å². The minimum atomic E-state index is -0.234. The van der Waals surface area contributed by atoms with E-state index in [1.807, 2.05) is 25.3 Å². The summed E-state index contributed by atoms with van der Waals surface area (Å²) in [4.78, 5) is 14.5. The molecule has 1 rings (SSSR count). The van der Waals surface area contributed by atoms with Gasteiger partial charge in [-0.2, -0.15) is 0 Å². The molecule has 5 nitrogen and oxygen atoms in total. The highest BCUT2D eigenvalue weighted by Gasteiger charge is 2.16. The summed E-state index contributed by atoms with van der Waals surface area (Å²) >= 11 is 1.64. The van der Waals surface area contributed by atoms with Crippen molar-refractivity contribution in [2.75, 3.05) is 34.6 Å². The number of nitrogens with zero attached hydrogens (tertiary/aromatic N) is 1. The maximum atomic E-state index is 11.9. The Balaban J connectivity index is 2.89. The average Bonchev–Trinajstić information content (AvgIpc) is 2.50. The van der Waals surface area contributed by atoms with Gasteiger partial charge in [0.2, 0.25) is 5.91 Å². The van der Waals surface area contributed by atoms with Crippen LogP contribution in [0.4, 0.5) is 0 Å². The molecule has 0 fully saturated rings. The topological polar surface area (TPSA) is 50.8 Å². The Labute approximate surface area is 131 Å². The van der Waals surface area contributed by atoms with E-state index in [1.54, 1.807) is 45.0 Å². The van der Waals surface area contributed by atoms with Crippen molar-refractivity contribution >= 4 is 17.7 Å². The Morgan fingerprint density at radius 1 is 1.29 bits per heavy atom. The molecular formula is C15H24N2O3S. The van der Waals surface area contributed by atoms with Crippen molar-refractivity contribution in [1.82, 2.24) is 10.2 Å². The largest absolute Gasteiger partial charge is 0.493 e. The number of rotatable bonds is 7. The van der Waals surface area contributed by atoms with Crippen LogP contribution in [0, 0.1) is 0 Å². The molecule has 0 bridgehead atoms. The highest BCUT2D eigenvalue weighted by Crippen LogP contribution is 2.34. The fraction of sp³-hybridized carbons (Fsp3) is 0.533. The number of ether oxygens (including phenoxy) is 2. The molecule has 0 aromatic heterocycles. The maximum Gasteiger partial charge on any atom is 0.238 e. The van der Waals surface area contributed by atoms with Crippen molar-refractivity contribution in [1.29, 1.82) is 0 Å². The van der Waals surface area contributed by atoms with E-state index in [0.717, 1.165) is 10.5 Å². The fourth-order valence-electron chi connectivity index (χ4n) is 1.97. The molecule has 0 spiro atoms. The standard InChI is InChI=1S/C15H24N2O3S/c1-10(15(18)17(2)3)16-9-11-7-12(19-4)13(20-5)8-14(11)21-6/h7-8,10,16H,9H2,1-6H3. The summed E-state index contributed by atoms with van der Waals surface area (Å²) in [5.74, 6) is 1.46. The van der Waals surface area contributed by atoms with Crippen LogP contribution < -0.4 is 14.8 Å². The first-order valence-electron chi connectivity index (χ1n) is 6.68. The number of hydrogen-bond donors (Lipinski definition) is 1. The molecule has 1 aromatic rings. The predicted molar refractivity (Wildman–Crippen MR) is 86.3 cm³/mol. The van der Waals surface area contributed by atoms with Crippen molar-refractivity contribution in [2.45, 2.75) is 24.4 Å². The molecule has 1 N–H and O–H groups in total. The van der Waals surface area contributed by atoms with Crippen molar-refractivity contribution in [3.63, 3.8) is 0 Å². The van der Waals surface area contributed by atoms with E-state index in [1.165, 1.54) is 0 Å². The van der Waals surface area contributed by atoms with Crippen LogP contribution >= 0.6 is 11.8 Å². The van der Waals surface area contributed by atoms with Crippen molar-refractivity contribution in [2.24, 2.45) is 0 Å². The van der Waals surface area contributed by atoms with Crippen LogP contribution in [0.25, 0.3) is 0 Å². The van der Waals surface area contributed by atoms with Gasteiger partial charge in [0.25, 0.3) is 0 Å². The summed E-state index contributed by atoms with van der Waals surface area (Å²) < 4.78 is 10.6. The van der Waals surface area contributed by atoms with Crippen LogP contribution in [0.1, 0.15) is 12.5 Å². The Kier molecular flexibility index (Phi) is 6.84. The normalized spacial score (nSPS) is 11.9. The number of likely N-dealkylation sites (N-methyl/N-ethyl adjacent to an activating group) is 1. The average molecular weight is 312 g/mol. The molecular weight excluding hydrogens is 288 g/mol. The molecule has 1 atom stereocenters. The lowest BCUT2D eigenvalue weighted by atomic mass is 10.1. The number of carbonyl (C=O) groups excluding carboxylic acids is 1. The van der Waals surface area contributed by atoms with Crippen LogP contribution in [0.3, 0.4) is 0 Å². The van der Waals surface area contributed by atoms with Gasteiger partial charge in [-0.25, -0.2) is 0 Å². The first-order valence-corrected chi connectivity index (χ1v) is 7.90. The first-order chi connectivity index (χ1) is 9.94. The number of carbonyl (C=O) groups is 1. The third-order valence-corrected chi connectivity index (χ3v) is 4.02. The molecule has 1 amide bonds. The number of nitrogens with one attached hydrogen (secondary N) is 1. The van der Waals surface area contributed by atoms with Crippen molar-refractivity contribution < 1.29 is 14.3 Å². The van der Waals surface area contributed by atoms with Crippen LogP contribution in [-0.4, -0.2) is 51.4 Å². The van der Waals surface area contributed by atoms with E-state index in [-0.39, 0.29) is 11.9 Å². The van der Waals surface area contributed by atoms with Crippen LogP contribution in [0.15, 0.2) is 17.0 Å². The second-order valence-corrected chi connectivity index (χ2v) is 5.70. The fourth-order valence-corrected chi connectivity index (χ4v) is 2.59. The molecule has 0 saturated heterocycles. The minimum absolute atomic E-state index is 0.0566. The quantitative estimate of drug-likeness (QED) is 0.780. The molecule has 0 aliphatic heterocycles. The Morgan fingerprint density at radius 2 is 1.86 bits per heavy atom. The summed E-state index contributed by atoms with van der Waals surface area (Å²) in [5, 5.41) is 3.24. The smallest absolute Gasteiger partial charge is 0.238 e. The van der Waals surface area contributed by atoms with E-state index in [0.29, 0.717) is 18.0 Å². The van der Waals surface area contributed by atoms with Gasteiger partial charge in [0.15, 0.2) is 11.5 Å². The first kappa shape index (κ1) is 17.7. The Bertz CT molecular complexity index is 492. The lowest BCUT2D eigenvalue weighted by molar-refractivity contribution is -0.130. The summed E-state index contributed by atoms with van der Waals surface area (Å²) in [7, 11) is 6.75. The minimum Gasteiger partial charge on any atom is -0.493 e. The molecule has 0 heterocycles. The number of benzene rings is 1. The van der Waals surface area contributed by atoms with E-state index < -0.39 is 0 Å². The Hall–Kier alpha value is -1.40. The van der Waals surface area contributed by atoms with Gasteiger partial charge in [0.05, 0.1) is 20.3 Å². The summed E-state index contributed by atoms with van der Waals surface area (Å²) in [5.41, 5.74) is 1.08. The SMILES string of the molecule is COc1cc(CNC(C)C(=O)N(C)C)c(SC)cc1OC. The second-order valence-electron chi connectivity index (χ2n) is 4.85. The molecule has 0 aliphatic carbocycles. The molecule has 0 saturated carbocycles. The predicted octanol–water partition coefficient (Wildman–Crippen LogP) is 1.99. The molecule has 21 heavy (non-hydrogen) atoms. The summed E-state index contributed by atoms with van der Waals surface area (Å²) in [6.45, 7) is 2.46. The van der Waals surface area contributed by atoms with Crippen molar-refractivity contribution in [3.05, 3.63) is 17.7 Å². The van der Waals surface area contributed by atoms with E-state index in [2.05, 4.69) is 5.32 Å². The maximum absolute atomic E-state index is 11.9. The van der Waals surface area contributed by atoms with E-state index >= 15 is 0 Å². The van der Waals surface area contributed by atoms with Gasteiger partial charge in [-0.15, -0.1) is 11.8 Å². The van der Waals surface area contributed by atoms with Crippen molar-refractivity contribution in [3.8, 4) is 11.5 Å². The van der Waals surface area contributed by atoms with Gasteiger partial charge in [0, 0.05) is 25.5 Å². The molecule has 6 heteroatoms. The molecule has 1 aromatic carbocycles. The Morgan fingerprint density at radius 3 is 2.33 bits per heavy atom. The third kappa shape index (κ3) is 4.54. The van der Waals surface area contributed by atoms with Gasteiger partial charge >= 0.3 is 0 Å². The van der Waals surface area contributed by atoms with Gasteiger partial charge in [-0.1, -0.05) is 0 Å². The monoisotopic (exact) mass is 312 g/mol. The van der Waals surface area contributed by atoms with Gasteiger partial charge in [-0.05, 0) is 30.9 Å². The summed E-state index contributed by atoms with van der Waals surface area (Å²) in [6.07, 6.45) is 2.01. The second kappa shape index (κ2) is 8.14. The van der Waals surface area contributed by atoms with Crippen LogP contribution in [0.2, 0.25) is 0 Å². The van der Waals surface area contributed by atoms with E-state index in [9.17, 15) is 4.79 Å². The number of thioether (sulfide) groups is 1. The lowest BCUT2D eigenvalue weighted by Crippen LogP contribution is -2.41. The molecule has 0 aliphatic rings. The summed E-state index contributed by atoms with van der Waals surface area (Å²) in [6, 6.07) is 3.67. The zero-order valence-electron chi connectivity index (χ0n) is 13.5. The zero-order chi connectivity index (χ0) is 16.0. The molecule has 118 valence electrons. The zero-order valence-corrected chi connectivity index (χ0v) is 14.3. The van der Waals surface area contributed by atoms with Crippen LogP contribution in [-0.2, 0) is 11.3 Å². The lowest BCUT2D eigenvalue weighted by Gasteiger charge is -2.19. The highest BCUT2D eigenvalue weighted by atomic mass is 32.2. The number of amides is 1. The molecule has 1 unspecified atom stereocenters. The highest BCUT2D eigenvalue weighted by molar-refractivity contribution is 7.98. The van der Waals surface area contributed by atoms with Gasteiger partial charge in [0.1, 0.15) is 0 Å². The molecule has 0 radical (unpaired) electrons. The number of hydrogen-bond acceptors (Lipinski definition) is 5. The van der Waals surface area contributed by atoms with Gasteiger partial charge in [-0.3, -0.25) is 4.79 Å². The third-order valence-electron chi connectivity index (χ3n) is 3.20. The van der Waals surface area contributed by atoms with E-state index in [4.69, 9.17) is 9.47 Å².